The van der Waals surface area contributed by atoms with Crippen LogP contribution in [0.5, 0.6) is 0 Å². The third-order valence-corrected chi connectivity index (χ3v) is 3.61. The Morgan fingerprint density at radius 3 is 2.43 bits per heavy atom. The number of aromatic amines is 1. The van der Waals surface area contributed by atoms with Crippen LogP contribution < -0.4 is 0 Å². The monoisotopic (exact) mass is 297 g/mol. The molecule has 0 radical (unpaired) electrons. The molecule has 0 saturated heterocycles. The highest BCUT2D eigenvalue weighted by Crippen LogP contribution is 2.18. The van der Waals surface area contributed by atoms with Crippen LogP contribution in [0, 0.1) is 0 Å². The van der Waals surface area contributed by atoms with E-state index in [1.54, 1.807) is 0 Å². The minimum absolute atomic E-state index is 0.720. The molecule has 1 aromatic heterocycles. The number of rotatable bonds is 5. The van der Waals surface area contributed by atoms with E-state index in [1.807, 2.05) is 30.3 Å². The molecule has 0 atom stereocenters. The first-order valence-electron chi connectivity index (χ1n) is 7.02. The van der Waals surface area contributed by atoms with Crippen LogP contribution in [0.25, 0.3) is 11.4 Å². The fraction of sp³-hybridized carbons (Fsp3) is 0.176. The highest BCUT2D eigenvalue weighted by Gasteiger charge is 2.05. The molecule has 3 nitrogen and oxygen atoms in total. The summed E-state index contributed by atoms with van der Waals surface area (Å²) >= 11 is 5.88. The van der Waals surface area contributed by atoms with Crippen molar-refractivity contribution in [3.8, 4) is 11.4 Å². The van der Waals surface area contributed by atoms with Gasteiger partial charge in [-0.3, -0.25) is 5.10 Å². The van der Waals surface area contributed by atoms with Crippen LogP contribution in [-0.4, -0.2) is 15.2 Å². The smallest absolute Gasteiger partial charge is 0.181 e. The van der Waals surface area contributed by atoms with Crippen LogP contribution in [0.15, 0.2) is 54.6 Å². The fourth-order valence-electron chi connectivity index (χ4n) is 2.24. The van der Waals surface area contributed by atoms with Crippen molar-refractivity contribution < 1.29 is 0 Å². The summed E-state index contributed by atoms with van der Waals surface area (Å²) in [5.41, 5.74) is 2.33. The van der Waals surface area contributed by atoms with Crippen molar-refractivity contribution in [2.45, 2.75) is 19.3 Å². The molecule has 0 bridgehead atoms. The van der Waals surface area contributed by atoms with Gasteiger partial charge in [-0.15, -0.1) is 0 Å². The van der Waals surface area contributed by atoms with E-state index in [0.29, 0.717) is 0 Å². The van der Waals surface area contributed by atoms with Gasteiger partial charge < -0.3 is 0 Å². The van der Waals surface area contributed by atoms with Crippen molar-refractivity contribution in [3.05, 3.63) is 71.0 Å². The van der Waals surface area contributed by atoms with Gasteiger partial charge in [0.15, 0.2) is 5.82 Å². The SMILES string of the molecule is Clc1ccc(-c2n[nH]c(CCCc3ccccc3)n2)cc1. The highest BCUT2D eigenvalue weighted by molar-refractivity contribution is 6.30. The van der Waals surface area contributed by atoms with Crippen molar-refractivity contribution in [1.82, 2.24) is 15.2 Å². The van der Waals surface area contributed by atoms with E-state index in [0.717, 1.165) is 41.5 Å². The summed E-state index contributed by atoms with van der Waals surface area (Å²) in [6, 6.07) is 18.0. The number of nitrogens with one attached hydrogen (secondary N) is 1. The average molecular weight is 298 g/mol. The maximum absolute atomic E-state index is 5.88. The molecule has 106 valence electrons. The molecule has 0 saturated carbocycles. The van der Waals surface area contributed by atoms with Crippen LogP contribution in [0.1, 0.15) is 17.8 Å². The first-order chi connectivity index (χ1) is 10.3. The third kappa shape index (κ3) is 3.70. The summed E-state index contributed by atoms with van der Waals surface area (Å²) in [7, 11) is 0. The van der Waals surface area contributed by atoms with Gasteiger partial charge in [-0.2, -0.15) is 5.10 Å². The molecule has 1 heterocycles. The predicted octanol–water partition coefficient (Wildman–Crippen LogP) is 4.30. The van der Waals surface area contributed by atoms with Gasteiger partial charge in [0.05, 0.1) is 0 Å². The molecule has 0 aliphatic carbocycles. The van der Waals surface area contributed by atoms with Gasteiger partial charge in [0.25, 0.3) is 0 Å². The number of hydrogen-bond acceptors (Lipinski definition) is 2. The molecule has 0 fully saturated rings. The van der Waals surface area contributed by atoms with Crippen molar-refractivity contribution >= 4 is 11.6 Å². The summed E-state index contributed by atoms with van der Waals surface area (Å²) in [5, 5.41) is 7.99. The Hall–Kier alpha value is -2.13. The Balaban J connectivity index is 1.59. The molecule has 1 N–H and O–H groups in total. The molecule has 3 aromatic rings. The Morgan fingerprint density at radius 2 is 1.67 bits per heavy atom. The number of nitrogens with zero attached hydrogens (tertiary/aromatic N) is 2. The maximum Gasteiger partial charge on any atom is 0.181 e. The molecule has 0 aliphatic heterocycles. The number of halogens is 1. The first kappa shape index (κ1) is 13.8. The van der Waals surface area contributed by atoms with Crippen LogP contribution in [-0.2, 0) is 12.8 Å². The van der Waals surface area contributed by atoms with E-state index in [1.165, 1.54) is 5.56 Å². The Kier molecular flexibility index (Phi) is 4.31. The Labute approximate surface area is 129 Å². The summed E-state index contributed by atoms with van der Waals surface area (Å²) < 4.78 is 0. The van der Waals surface area contributed by atoms with Gasteiger partial charge in [0.1, 0.15) is 5.82 Å². The van der Waals surface area contributed by atoms with Crippen molar-refractivity contribution in [1.29, 1.82) is 0 Å². The first-order valence-corrected chi connectivity index (χ1v) is 7.40. The van der Waals surface area contributed by atoms with Crippen LogP contribution in [0.3, 0.4) is 0 Å². The van der Waals surface area contributed by atoms with E-state index in [2.05, 4.69) is 39.4 Å². The Bertz CT molecular complexity index is 690. The molecule has 0 amide bonds. The number of aromatic nitrogens is 3. The van der Waals surface area contributed by atoms with Gasteiger partial charge in [0.2, 0.25) is 0 Å². The lowest BCUT2D eigenvalue weighted by molar-refractivity contribution is 0.775. The highest BCUT2D eigenvalue weighted by atomic mass is 35.5. The normalized spacial score (nSPS) is 10.7. The molecule has 0 unspecified atom stereocenters. The molecule has 4 heteroatoms. The largest absolute Gasteiger partial charge is 0.263 e. The minimum Gasteiger partial charge on any atom is -0.263 e. The molecular formula is C17H16ClN3. The standard InChI is InChI=1S/C17H16ClN3/c18-15-11-9-14(10-12-15)17-19-16(20-21-17)8-4-7-13-5-2-1-3-6-13/h1-3,5-6,9-12H,4,7-8H2,(H,19,20,21). The molecule has 0 aliphatic rings. The molecule has 2 aromatic carbocycles. The molecular weight excluding hydrogens is 282 g/mol. The molecule has 3 rings (SSSR count). The van der Waals surface area contributed by atoms with Gasteiger partial charge in [-0.05, 0) is 42.7 Å². The molecule has 21 heavy (non-hydrogen) atoms. The van der Waals surface area contributed by atoms with Crippen LogP contribution in [0.2, 0.25) is 5.02 Å². The van der Waals surface area contributed by atoms with E-state index < -0.39 is 0 Å². The zero-order valence-corrected chi connectivity index (χ0v) is 12.3. The zero-order chi connectivity index (χ0) is 14.5. The number of hydrogen-bond donors (Lipinski definition) is 1. The zero-order valence-electron chi connectivity index (χ0n) is 11.6. The number of benzene rings is 2. The molecule has 0 spiro atoms. The summed E-state index contributed by atoms with van der Waals surface area (Å²) in [6.45, 7) is 0. The lowest BCUT2D eigenvalue weighted by Gasteiger charge is -1.99. The topological polar surface area (TPSA) is 41.6 Å². The van der Waals surface area contributed by atoms with Crippen molar-refractivity contribution in [3.63, 3.8) is 0 Å². The minimum atomic E-state index is 0.720. The summed E-state index contributed by atoms with van der Waals surface area (Å²) in [4.78, 5) is 4.53. The predicted molar refractivity (Wildman–Crippen MR) is 85.3 cm³/mol. The van der Waals surface area contributed by atoms with E-state index in [-0.39, 0.29) is 0 Å². The number of H-pyrrole nitrogens is 1. The van der Waals surface area contributed by atoms with Gasteiger partial charge in [-0.1, -0.05) is 41.9 Å². The van der Waals surface area contributed by atoms with Gasteiger partial charge in [-0.25, -0.2) is 4.98 Å². The second-order valence-corrected chi connectivity index (χ2v) is 5.39. The quantitative estimate of drug-likeness (QED) is 0.763. The average Bonchev–Trinajstić information content (AvgIpc) is 2.98. The fourth-order valence-corrected chi connectivity index (χ4v) is 2.37. The van der Waals surface area contributed by atoms with Gasteiger partial charge >= 0.3 is 0 Å². The number of aryl methyl sites for hydroxylation is 2. The van der Waals surface area contributed by atoms with Crippen molar-refractivity contribution in [2.24, 2.45) is 0 Å². The lowest BCUT2D eigenvalue weighted by Crippen LogP contribution is -1.92. The van der Waals surface area contributed by atoms with E-state index in [4.69, 9.17) is 11.6 Å². The Morgan fingerprint density at radius 1 is 0.905 bits per heavy atom. The van der Waals surface area contributed by atoms with E-state index >= 15 is 0 Å². The second kappa shape index (κ2) is 6.55. The van der Waals surface area contributed by atoms with Crippen molar-refractivity contribution in [2.75, 3.05) is 0 Å². The maximum atomic E-state index is 5.88. The lowest BCUT2D eigenvalue weighted by atomic mass is 10.1. The van der Waals surface area contributed by atoms with Crippen LogP contribution >= 0.6 is 11.6 Å². The second-order valence-electron chi connectivity index (χ2n) is 4.95. The summed E-state index contributed by atoms with van der Waals surface area (Å²) in [5.74, 6) is 1.65. The van der Waals surface area contributed by atoms with Gasteiger partial charge in [0, 0.05) is 17.0 Å². The summed E-state index contributed by atoms with van der Waals surface area (Å²) in [6.07, 6.45) is 3.01. The van der Waals surface area contributed by atoms with E-state index in [9.17, 15) is 0 Å². The van der Waals surface area contributed by atoms with Crippen LogP contribution in [0.4, 0.5) is 0 Å². The third-order valence-electron chi connectivity index (χ3n) is 3.36.